The fourth-order valence-electron chi connectivity index (χ4n) is 3.40. The summed E-state index contributed by atoms with van der Waals surface area (Å²) in [5.74, 6) is 1.49. The molecule has 1 fully saturated rings. The molecule has 120 valence electrons. The molecule has 0 unspecified atom stereocenters. The van der Waals surface area contributed by atoms with Gasteiger partial charge < -0.3 is 14.8 Å². The van der Waals surface area contributed by atoms with Gasteiger partial charge in [0.05, 0.1) is 13.0 Å². The average Bonchev–Trinajstić information content (AvgIpc) is 2.47. The largest absolute Gasteiger partial charge is 0.467 e. The lowest BCUT2D eigenvalue weighted by Gasteiger charge is -2.27. The van der Waals surface area contributed by atoms with E-state index >= 15 is 0 Å². The smallest absolute Gasteiger partial charge is 0.224 e. The molecule has 22 heavy (non-hydrogen) atoms. The highest BCUT2D eigenvalue weighted by molar-refractivity contribution is 6.30. The van der Waals surface area contributed by atoms with Crippen molar-refractivity contribution < 1.29 is 14.3 Å². The molecule has 1 aliphatic carbocycles. The van der Waals surface area contributed by atoms with Crippen molar-refractivity contribution in [2.24, 2.45) is 5.92 Å². The van der Waals surface area contributed by atoms with Gasteiger partial charge in [-0.2, -0.15) is 0 Å². The zero-order valence-electron chi connectivity index (χ0n) is 12.9. The van der Waals surface area contributed by atoms with Gasteiger partial charge in [0.2, 0.25) is 5.91 Å². The van der Waals surface area contributed by atoms with Gasteiger partial charge >= 0.3 is 0 Å². The molecule has 1 amide bonds. The highest BCUT2D eigenvalue weighted by atomic mass is 35.5. The Balaban J connectivity index is 1.67. The number of nitrogens with one attached hydrogen (secondary N) is 1. The summed E-state index contributed by atoms with van der Waals surface area (Å²) in [4.78, 5) is 12.3. The van der Waals surface area contributed by atoms with Crippen LogP contribution in [0.4, 0.5) is 0 Å². The van der Waals surface area contributed by atoms with Crippen LogP contribution in [0.25, 0.3) is 0 Å². The Bertz CT molecular complexity index is 561. The van der Waals surface area contributed by atoms with Crippen LogP contribution in [0.3, 0.4) is 0 Å². The zero-order chi connectivity index (χ0) is 15.5. The number of carbonyl (C=O) groups excluding carboxylic acids is 1. The minimum atomic E-state index is 0.0404. The topological polar surface area (TPSA) is 47.6 Å². The summed E-state index contributed by atoms with van der Waals surface area (Å²) in [6.45, 7) is 2.95. The number of ether oxygens (including phenoxy) is 2. The van der Waals surface area contributed by atoms with E-state index in [0.717, 1.165) is 29.7 Å². The fraction of sp³-hybridized carbons (Fsp3) is 0.588. The molecular weight excluding hydrogens is 302 g/mol. The molecule has 2 aliphatic rings. The van der Waals surface area contributed by atoms with Crippen LogP contribution in [0.2, 0.25) is 5.02 Å². The Labute approximate surface area is 136 Å². The van der Waals surface area contributed by atoms with Gasteiger partial charge in [0.1, 0.15) is 5.75 Å². The Morgan fingerprint density at radius 1 is 1.41 bits per heavy atom. The lowest BCUT2D eigenvalue weighted by atomic mass is 9.87. The molecule has 1 saturated carbocycles. The monoisotopic (exact) mass is 323 g/mol. The predicted molar refractivity (Wildman–Crippen MR) is 85.0 cm³/mol. The highest BCUT2D eigenvalue weighted by Gasteiger charge is 2.22. The van der Waals surface area contributed by atoms with Gasteiger partial charge in [-0.3, -0.25) is 4.79 Å². The van der Waals surface area contributed by atoms with Crippen molar-refractivity contribution in [1.82, 2.24) is 5.32 Å². The lowest BCUT2D eigenvalue weighted by Crippen LogP contribution is -2.38. The number of benzene rings is 1. The number of hydrogen-bond donors (Lipinski definition) is 1. The summed E-state index contributed by atoms with van der Waals surface area (Å²) in [6, 6.07) is 3.95. The Hall–Kier alpha value is -1.26. The van der Waals surface area contributed by atoms with Crippen molar-refractivity contribution in [2.45, 2.75) is 51.7 Å². The van der Waals surface area contributed by atoms with Gasteiger partial charge in [-0.25, -0.2) is 0 Å². The van der Waals surface area contributed by atoms with E-state index in [4.69, 9.17) is 21.1 Å². The van der Waals surface area contributed by atoms with Crippen LogP contribution in [-0.2, 0) is 22.6 Å². The first-order valence-corrected chi connectivity index (χ1v) is 8.31. The highest BCUT2D eigenvalue weighted by Crippen LogP contribution is 2.32. The van der Waals surface area contributed by atoms with Crippen LogP contribution in [0.5, 0.6) is 5.75 Å². The molecule has 1 N–H and O–H groups in total. The van der Waals surface area contributed by atoms with E-state index in [1.54, 1.807) is 0 Å². The van der Waals surface area contributed by atoms with E-state index in [1.165, 1.54) is 12.8 Å². The fourth-order valence-corrected chi connectivity index (χ4v) is 3.67. The normalized spacial score (nSPS) is 24.3. The number of carbonyl (C=O) groups is 1. The van der Waals surface area contributed by atoms with E-state index in [9.17, 15) is 4.79 Å². The molecule has 3 rings (SSSR count). The number of amides is 1. The van der Waals surface area contributed by atoms with E-state index in [-0.39, 0.29) is 12.7 Å². The van der Waals surface area contributed by atoms with Gasteiger partial charge in [-0.15, -0.1) is 0 Å². The van der Waals surface area contributed by atoms with Crippen molar-refractivity contribution in [2.75, 3.05) is 6.79 Å². The van der Waals surface area contributed by atoms with Gasteiger partial charge in [0.15, 0.2) is 6.79 Å². The van der Waals surface area contributed by atoms with E-state index in [0.29, 0.717) is 30.0 Å². The number of fused-ring (bicyclic) bond motifs is 1. The van der Waals surface area contributed by atoms with E-state index < -0.39 is 0 Å². The molecular formula is C17H22ClNO3. The number of rotatable bonds is 3. The minimum absolute atomic E-state index is 0.0404. The molecule has 0 saturated heterocycles. The minimum Gasteiger partial charge on any atom is -0.467 e. The Kier molecular flexibility index (Phi) is 4.89. The van der Waals surface area contributed by atoms with Crippen LogP contribution in [-0.4, -0.2) is 18.7 Å². The van der Waals surface area contributed by atoms with Gasteiger partial charge in [-0.05, 0) is 30.9 Å². The molecule has 1 aliphatic heterocycles. The molecule has 0 spiro atoms. The summed E-state index contributed by atoms with van der Waals surface area (Å²) in [5.41, 5.74) is 1.75. The molecule has 1 aromatic rings. The first-order chi connectivity index (χ1) is 10.6. The van der Waals surface area contributed by atoms with Gasteiger partial charge in [0.25, 0.3) is 0 Å². The molecule has 5 heteroatoms. The number of hydrogen-bond acceptors (Lipinski definition) is 3. The first kappa shape index (κ1) is 15.6. The summed E-state index contributed by atoms with van der Waals surface area (Å²) in [5, 5.41) is 3.77. The second-order valence-corrected chi connectivity index (χ2v) is 6.81. The summed E-state index contributed by atoms with van der Waals surface area (Å²) in [6.07, 6.45) is 4.91. The molecule has 0 radical (unpaired) electrons. The van der Waals surface area contributed by atoms with E-state index in [1.807, 2.05) is 12.1 Å². The molecule has 0 bridgehead atoms. The standard InChI is InChI=1S/C17H22ClNO3/c1-11-3-2-4-15(5-11)19-16(20)8-12-6-14(18)7-13-9-21-10-22-17(12)13/h6-7,11,15H,2-5,8-10H2,1H3,(H,19,20)/t11-,15+/m1/s1. The maximum atomic E-state index is 12.3. The molecule has 4 nitrogen and oxygen atoms in total. The summed E-state index contributed by atoms with van der Waals surface area (Å²) < 4.78 is 10.8. The lowest BCUT2D eigenvalue weighted by molar-refractivity contribution is -0.121. The van der Waals surface area contributed by atoms with Crippen molar-refractivity contribution in [3.05, 3.63) is 28.3 Å². The first-order valence-electron chi connectivity index (χ1n) is 7.93. The molecule has 2 atom stereocenters. The van der Waals surface area contributed by atoms with E-state index in [2.05, 4.69) is 12.2 Å². The third-order valence-corrected chi connectivity index (χ3v) is 4.62. The third-order valence-electron chi connectivity index (χ3n) is 4.40. The van der Waals surface area contributed by atoms with Crippen LogP contribution in [0, 0.1) is 5.92 Å². The SMILES string of the molecule is C[C@@H]1CCC[C@H](NC(=O)Cc2cc(Cl)cc3c2OCOC3)C1. The maximum Gasteiger partial charge on any atom is 0.224 e. The van der Waals surface area contributed by atoms with Crippen LogP contribution in [0.1, 0.15) is 43.7 Å². The Morgan fingerprint density at radius 2 is 2.27 bits per heavy atom. The average molecular weight is 324 g/mol. The predicted octanol–water partition coefficient (Wildman–Crippen LogP) is 3.44. The zero-order valence-corrected chi connectivity index (χ0v) is 13.6. The summed E-state index contributed by atoms with van der Waals surface area (Å²) in [7, 11) is 0. The molecule has 1 heterocycles. The quantitative estimate of drug-likeness (QED) is 0.927. The second kappa shape index (κ2) is 6.88. The van der Waals surface area contributed by atoms with Crippen LogP contribution in [0.15, 0.2) is 12.1 Å². The molecule has 0 aromatic heterocycles. The van der Waals surface area contributed by atoms with Crippen molar-refractivity contribution in [3.8, 4) is 5.75 Å². The second-order valence-electron chi connectivity index (χ2n) is 6.38. The van der Waals surface area contributed by atoms with Crippen molar-refractivity contribution in [1.29, 1.82) is 0 Å². The summed E-state index contributed by atoms with van der Waals surface area (Å²) >= 11 is 6.13. The van der Waals surface area contributed by atoms with Crippen LogP contribution >= 0.6 is 11.6 Å². The number of halogens is 1. The Morgan fingerprint density at radius 3 is 3.09 bits per heavy atom. The van der Waals surface area contributed by atoms with Crippen molar-refractivity contribution >= 4 is 17.5 Å². The molecule has 1 aromatic carbocycles. The van der Waals surface area contributed by atoms with Crippen molar-refractivity contribution in [3.63, 3.8) is 0 Å². The maximum absolute atomic E-state index is 12.3. The van der Waals surface area contributed by atoms with Gasteiger partial charge in [-0.1, -0.05) is 31.4 Å². The van der Waals surface area contributed by atoms with Gasteiger partial charge in [0, 0.05) is 22.2 Å². The van der Waals surface area contributed by atoms with Crippen LogP contribution < -0.4 is 10.1 Å². The third kappa shape index (κ3) is 3.73.